The maximum Gasteiger partial charge on any atom is 0.188 e. The van der Waals surface area contributed by atoms with Crippen molar-refractivity contribution >= 4 is 10.0 Å². The monoisotopic (exact) mass is 300 g/mol. The first-order chi connectivity index (χ1) is 6.50. The van der Waals surface area contributed by atoms with Crippen LogP contribution in [0.4, 0.5) is 0 Å². The van der Waals surface area contributed by atoms with E-state index in [0.29, 0.717) is 4.90 Å². The third kappa shape index (κ3) is 2.49. The van der Waals surface area contributed by atoms with E-state index in [-0.39, 0.29) is 32.7 Å². The van der Waals surface area contributed by atoms with Gasteiger partial charge in [0.15, 0.2) is 10.0 Å². The number of hydrogen-bond donors (Lipinski definition) is 2. The van der Waals surface area contributed by atoms with Gasteiger partial charge < -0.3 is 0 Å². The summed E-state index contributed by atoms with van der Waals surface area (Å²) in [6.45, 7) is 1.79. The molecule has 0 bridgehead atoms. The first-order valence-corrected chi connectivity index (χ1v) is 6.14. The molecule has 1 unspecified atom stereocenters. The van der Waals surface area contributed by atoms with Crippen molar-refractivity contribution in [2.45, 2.75) is 31.1 Å². The molecule has 0 saturated heterocycles. The molecule has 15 heavy (non-hydrogen) atoms. The maximum atomic E-state index is 11.4. The Kier molecular flexibility index (Phi) is 4.09. The number of aryl methyl sites for hydroxylation is 2. The zero-order chi connectivity index (χ0) is 10.3. The Balaban J connectivity index is 0.00000112. The Hall–Kier alpha value is 0.234. The van der Waals surface area contributed by atoms with Gasteiger partial charge >= 0.3 is 0 Å². The number of nitrogens with one attached hydrogen (secondary N) is 1. The third-order valence-corrected chi connectivity index (χ3v) is 3.83. The van der Waals surface area contributed by atoms with Crippen LogP contribution in [0.25, 0.3) is 0 Å². The van der Waals surface area contributed by atoms with E-state index in [2.05, 4.69) is 0 Å². The molecule has 0 saturated carbocycles. The molecule has 0 aliphatic heterocycles. The molecule has 0 fully saturated rings. The molecule has 79 valence electrons. The minimum absolute atomic E-state index is 0. The van der Waals surface area contributed by atoms with Crippen molar-refractivity contribution in [1.82, 2.24) is 0 Å². The fourth-order valence-electron chi connectivity index (χ4n) is 2.13. The van der Waals surface area contributed by atoms with Crippen LogP contribution in [-0.2, 0) is 55.6 Å². The molecule has 1 aromatic rings. The van der Waals surface area contributed by atoms with Gasteiger partial charge in [-0.15, -0.1) is 0 Å². The van der Waals surface area contributed by atoms with Crippen LogP contribution < -0.4 is 0 Å². The van der Waals surface area contributed by atoms with Crippen LogP contribution in [0.5, 0.6) is 0 Å². The van der Waals surface area contributed by atoms with Crippen molar-refractivity contribution in [1.29, 1.82) is 4.78 Å². The average molecular weight is 300 g/mol. The second kappa shape index (κ2) is 4.62. The molecule has 1 aromatic carbocycles. The normalized spacial score (nSPS) is 17.7. The predicted octanol–water partition coefficient (Wildman–Crippen LogP) is 2.36. The molecule has 3 nitrogen and oxygen atoms in total. The van der Waals surface area contributed by atoms with Gasteiger partial charge in [-0.1, -0.05) is 12.1 Å². The Labute approximate surface area is 115 Å². The van der Waals surface area contributed by atoms with Gasteiger partial charge in [-0.25, -0.2) is 8.99 Å². The zero-order valence-corrected chi connectivity index (χ0v) is 12.3. The number of rotatable bonds is 1. The minimum Gasteiger partial charge on any atom is -0.297 e. The molecule has 2 N–H and O–H groups in total. The number of benzene rings is 1. The van der Waals surface area contributed by atoms with Crippen LogP contribution in [0.3, 0.4) is 0 Å². The van der Waals surface area contributed by atoms with Gasteiger partial charge in [0.05, 0.1) is 4.90 Å². The van der Waals surface area contributed by atoms with Gasteiger partial charge in [-0.2, -0.15) is 0 Å². The topological polar surface area (TPSA) is 61.2 Å². The van der Waals surface area contributed by atoms with Crippen molar-refractivity contribution in [2.75, 3.05) is 0 Å². The first-order valence-electron chi connectivity index (χ1n) is 4.63. The van der Waals surface area contributed by atoms with Crippen LogP contribution in [0, 0.1) is 11.7 Å². The molecular formula is C10H13NO2SY. The Morgan fingerprint density at radius 3 is 2.67 bits per heavy atom. The molecule has 0 heterocycles. The molecule has 1 aliphatic rings. The Morgan fingerprint density at radius 1 is 1.40 bits per heavy atom. The van der Waals surface area contributed by atoms with Crippen LogP contribution >= 0.6 is 0 Å². The van der Waals surface area contributed by atoms with Crippen molar-refractivity contribution in [3.63, 3.8) is 0 Å². The predicted molar refractivity (Wildman–Crippen MR) is 55.0 cm³/mol. The molecule has 0 amide bonds. The molecule has 1 atom stereocenters. The Morgan fingerprint density at radius 2 is 2.07 bits per heavy atom. The summed E-state index contributed by atoms with van der Waals surface area (Å²) in [6, 6.07) is 3.84. The van der Waals surface area contributed by atoms with E-state index < -0.39 is 10.0 Å². The maximum absolute atomic E-state index is 11.4. The summed E-state index contributed by atoms with van der Waals surface area (Å²) in [5.74, 6) is 0. The second-order valence-electron chi connectivity index (χ2n) is 3.73. The molecular weight excluding hydrogens is 287 g/mol. The van der Waals surface area contributed by atoms with Gasteiger partial charge in [0.1, 0.15) is 0 Å². The van der Waals surface area contributed by atoms with Gasteiger partial charge in [0.25, 0.3) is 0 Å². The molecule has 5 heteroatoms. The first kappa shape index (κ1) is 13.3. The van der Waals surface area contributed by atoms with Crippen LogP contribution in [0.15, 0.2) is 17.0 Å². The van der Waals surface area contributed by atoms with Crippen molar-refractivity contribution in [3.8, 4) is 0 Å². The molecule has 1 aliphatic carbocycles. The standard InChI is InChI=1S/C10H13NO2S.Y/c1-7-5-6-8-3-2-4-9(8)10(7)14(11,12)13;/h5-6H,2-4H2,1H3,(H2,11,12,13);. The molecule has 0 spiro atoms. The summed E-state index contributed by atoms with van der Waals surface area (Å²) in [6.07, 6.45) is 2.84. The fourth-order valence-corrected chi connectivity index (χ4v) is 3.21. The SMILES string of the molecule is Cc1ccc2c(c1S(=N)(=O)O)CCC2.[Y]. The van der Waals surface area contributed by atoms with Crippen LogP contribution in [0.2, 0.25) is 0 Å². The van der Waals surface area contributed by atoms with Gasteiger partial charge in [-0.05, 0) is 42.9 Å². The number of hydrogen-bond acceptors (Lipinski definition) is 2. The van der Waals surface area contributed by atoms with E-state index in [4.69, 9.17) is 4.78 Å². The Bertz CT molecular complexity index is 482. The van der Waals surface area contributed by atoms with E-state index in [1.54, 1.807) is 6.92 Å². The van der Waals surface area contributed by atoms with E-state index in [0.717, 1.165) is 36.0 Å². The van der Waals surface area contributed by atoms with E-state index in [9.17, 15) is 8.76 Å². The van der Waals surface area contributed by atoms with Gasteiger partial charge in [0, 0.05) is 32.7 Å². The van der Waals surface area contributed by atoms with E-state index >= 15 is 0 Å². The average Bonchev–Trinajstić information content (AvgIpc) is 2.48. The quantitative estimate of drug-likeness (QED) is 0.836. The summed E-state index contributed by atoms with van der Waals surface area (Å²) in [7, 11) is -3.56. The summed E-state index contributed by atoms with van der Waals surface area (Å²) in [5, 5.41) is 0. The molecule has 1 radical (unpaired) electrons. The van der Waals surface area contributed by atoms with Crippen molar-refractivity contribution in [3.05, 3.63) is 28.8 Å². The third-order valence-electron chi connectivity index (χ3n) is 2.70. The second-order valence-corrected chi connectivity index (χ2v) is 5.19. The van der Waals surface area contributed by atoms with Crippen LogP contribution in [0.1, 0.15) is 23.1 Å². The fraction of sp³-hybridized carbons (Fsp3) is 0.400. The summed E-state index contributed by atoms with van der Waals surface area (Å²) >= 11 is 0. The van der Waals surface area contributed by atoms with Gasteiger partial charge in [0.2, 0.25) is 0 Å². The smallest absolute Gasteiger partial charge is 0.188 e. The van der Waals surface area contributed by atoms with Gasteiger partial charge in [-0.3, -0.25) is 4.55 Å². The largest absolute Gasteiger partial charge is 0.297 e. The van der Waals surface area contributed by atoms with E-state index in [1.165, 1.54) is 0 Å². The molecule has 0 aromatic heterocycles. The van der Waals surface area contributed by atoms with E-state index in [1.807, 2.05) is 12.1 Å². The molecule has 2 rings (SSSR count). The van der Waals surface area contributed by atoms with Crippen molar-refractivity contribution in [2.24, 2.45) is 0 Å². The number of fused-ring (bicyclic) bond motifs is 1. The van der Waals surface area contributed by atoms with Crippen LogP contribution in [-0.4, -0.2) is 8.76 Å². The zero-order valence-electron chi connectivity index (χ0n) is 8.62. The minimum atomic E-state index is -3.56. The summed E-state index contributed by atoms with van der Waals surface area (Å²) < 4.78 is 28.0. The van der Waals surface area contributed by atoms with Crippen molar-refractivity contribution < 1.29 is 41.5 Å². The summed E-state index contributed by atoms with van der Waals surface area (Å²) in [5.41, 5.74) is 2.83. The summed E-state index contributed by atoms with van der Waals surface area (Å²) in [4.78, 5) is 0.354.